The van der Waals surface area contributed by atoms with Crippen molar-refractivity contribution in [1.29, 1.82) is 0 Å². The number of carbonyl (C=O) groups excluding carboxylic acids is 1. The fraction of sp³-hybridized carbons (Fsp3) is 0.800. The van der Waals surface area contributed by atoms with Gasteiger partial charge in [-0.2, -0.15) is 0 Å². The van der Waals surface area contributed by atoms with Crippen LogP contribution in [-0.4, -0.2) is 38.5 Å². The summed E-state index contributed by atoms with van der Waals surface area (Å²) in [6.07, 6.45) is 0.817. The monoisotopic (exact) mass is 116 g/mol. The van der Waals surface area contributed by atoms with E-state index in [0.29, 0.717) is 0 Å². The zero-order valence-corrected chi connectivity index (χ0v) is 5.35. The SMILES string of the molecule is CNCCN(C)C=O. The highest BCUT2D eigenvalue weighted by Crippen LogP contribution is 1.68. The van der Waals surface area contributed by atoms with Gasteiger partial charge in [-0.3, -0.25) is 4.79 Å². The molecular formula is C5H12N2O. The summed E-state index contributed by atoms with van der Waals surface area (Å²) in [5.74, 6) is 0. The van der Waals surface area contributed by atoms with Gasteiger partial charge in [0.1, 0.15) is 0 Å². The van der Waals surface area contributed by atoms with Crippen LogP contribution >= 0.6 is 0 Å². The zero-order chi connectivity index (χ0) is 6.41. The van der Waals surface area contributed by atoms with E-state index in [9.17, 15) is 4.79 Å². The summed E-state index contributed by atoms with van der Waals surface area (Å²) in [5.41, 5.74) is 0. The largest absolute Gasteiger partial charge is 0.347 e. The van der Waals surface area contributed by atoms with Crippen LogP contribution in [0.25, 0.3) is 0 Å². The molecule has 0 fully saturated rings. The lowest BCUT2D eigenvalue weighted by Crippen LogP contribution is -2.25. The Balaban J connectivity index is 2.98. The first-order valence-electron chi connectivity index (χ1n) is 2.61. The average molecular weight is 116 g/mol. The van der Waals surface area contributed by atoms with E-state index in [-0.39, 0.29) is 0 Å². The lowest BCUT2D eigenvalue weighted by atomic mass is 10.6. The standard InChI is InChI=1S/C5H12N2O/c1-6-3-4-7(2)5-8/h5-6H,3-4H2,1-2H3. The first kappa shape index (κ1) is 7.43. The smallest absolute Gasteiger partial charge is 0.209 e. The van der Waals surface area contributed by atoms with Crippen molar-refractivity contribution < 1.29 is 4.79 Å². The Bertz CT molecular complexity index is 65.4. The van der Waals surface area contributed by atoms with Gasteiger partial charge >= 0.3 is 0 Å². The van der Waals surface area contributed by atoms with Crippen molar-refractivity contribution in [3.8, 4) is 0 Å². The minimum atomic E-state index is 0.778. The van der Waals surface area contributed by atoms with E-state index in [4.69, 9.17) is 0 Å². The van der Waals surface area contributed by atoms with Gasteiger partial charge in [-0.05, 0) is 7.05 Å². The number of nitrogens with one attached hydrogen (secondary N) is 1. The molecule has 0 spiro atoms. The predicted molar refractivity (Wildman–Crippen MR) is 32.6 cm³/mol. The number of likely N-dealkylation sites (N-methyl/N-ethyl adjacent to an activating group) is 2. The van der Waals surface area contributed by atoms with E-state index in [0.717, 1.165) is 19.5 Å². The summed E-state index contributed by atoms with van der Waals surface area (Å²) >= 11 is 0. The fourth-order valence-electron chi connectivity index (χ4n) is 0.341. The van der Waals surface area contributed by atoms with E-state index in [1.165, 1.54) is 0 Å². The second kappa shape index (κ2) is 4.59. The highest BCUT2D eigenvalue weighted by atomic mass is 16.1. The van der Waals surface area contributed by atoms with Crippen LogP contribution in [0.3, 0.4) is 0 Å². The van der Waals surface area contributed by atoms with Gasteiger partial charge in [0.05, 0.1) is 0 Å². The Morgan fingerprint density at radius 3 is 2.75 bits per heavy atom. The van der Waals surface area contributed by atoms with Crippen molar-refractivity contribution in [2.45, 2.75) is 0 Å². The van der Waals surface area contributed by atoms with Crippen molar-refractivity contribution in [2.75, 3.05) is 27.2 Å². The molecule has 3 heteroatoms. The second-order valence-corrected chi connectivity index (χ2v) is 1.69. The molecule has 0 aliphatic heterocycles. The summed E-state index contributed by atoms with van der Waals surface area (Å²) in [7, 11) is 3.61. The van der Waals surface area contributed by atoms with Crippen molar-refractivity contribution in [3.63, 3.8) is 0 Å². The van der Waals surface area contributed by atoms with Crippen LogP contribution in [0, 0.1) is 0 Å². The third-order valence-corrected chi connectivity index (χ3v) is 0.894. The first-order valence-corrected chi connectivity index (χ1v) is 2.61. The molecule has 0 aromatic heterocycles. The van der Waals surface area contributed by atoms with Crippen LogP contribution in [0.4, 0.5) is 0 Å². The van der Waals surface area contributed by atoms with Gasteiger partial charge in [-0.15, -0.1) is 0 Å². The number of hydrogen-bond donors (Lipinski definition) is 1. The van der Waals surface area contributed by atoms with Crippen LogP contribution in [-0.2, 0) is 4.79 Å². The van der Waals surface area contributed by atoms with Crippen molar-refractivity contribution >= 4 is 6.41 Å². The van der Waals surface area contributed by atoms with E-state index < -0.39 is 0 Å². The van der Waals surface area contributed by atoms with Crippen LogP contribution in [0.1, 0.15) is 0 Å². The quantitative estimate of drug-likeness (QED) is 0.492. The normalized spacial score (nSPS) is 8.75. The molecule has 0 atom stereocenters. The van der Waals surface area contributed by atoms with Crippen molar-refractivity contribution in [3.05, 3.63) is 0 Å². The summed E-state index contributed by atoms with van der Waals surface area (Å²) in [4.78, 5) is 11.5. The third-order valence-electron chi connectivity index (χ3n) is 0.894. The van der Waals surface area contributed by atoms with Crippen LogP contribution in [0.2, 0.25) is 0 Å². The van der Waals surface area contributed by atoms with Gasteiger partial charge in [0.25, 0.3) is 0 Å². The molecule has 8 heavy (non-hydrogen) atoms. The Morgan fingerprint density at radius 1 is 1.75 bits per heavy atom. The molecule has 0 aromatic carbocycles. The highest BCUT2D eigenvalue weighted by Gasteiger charge is 1.87. The molecule has 0 saturated heterocycles. The topological polar surface area (TPSA) is 32.3 Å². The average Bonchev–Trinajstić information content (AvgIpc) is 1.83. The minimum Gasteiger partial charge on any atom is -0.347 e. The summed E-state index contributed by atoms with van der Waals surface area (Å²) in [5, 5.41) is 2.93. The van der Waals surface area contributed by atoms with Crippen LogP contribution in [0.15, 0.2) is 0 Å². The molecule has 0 saturated carbocycles. The van der Waals surface area contributed by atoms with Crippen molar-refractivity contribution in [2.24, 2.45) is 0 Å². The molecule has 0 aliphatic rings. The second-order valence-electron chi connectivity index (χ2n) is 1.69. The van der Waals surface area contributed by atoms with Gasteiger partial charge < -0.3 is 10.2 Å². The lowest BCUT2D eigenvalue weighted by Gasteiger charge is -2.07. The molecule has 48 valence electrons. The maximum atomic E-state index is 9.91. The number of hydrogen-bond acceptors (Lipinski definition) is 2. The number of nitrogens with zero attached hydrogens (tertiary/aromatic N) is 1. The number of amides is 1. The highest BCUT2D eigenvalue weighted by molar-refractivity contribution is 5.46. The molecule has 0 unspecified atom stereocenters. The summed E-state index contributed by atoms with van der Waals surface area (Å²) in [6.45, 7) is 1.63. The molecule has 3 nitrogen and oxygen atoms in total. The maximum absolute atomic E-state index is 9.91. The molecule has 1 amide bonds. The summed E-state index contributed by atoms with van der Waals surface area (Å²) < 4.78 is 0. The van der Waals surface area contributed by atoms with E-state index >= 15 is 0 Å². The predicted octanol–water partition coefficient (Wildman–Crippen LogP) is -0.706. The molecular weight excluding hydrogens is 104 g/mol. The molecule has 0 aliphatic carbocycles. The molecule has 0 aromatic rings. The van der Waals surface area contributed by atoms with Gasteiger partial charge in [-0.1, -0.05) is 0 Å². The zero-order valence-electron chi connectivity index (χ0n) is 5.35. The van der Waals surface area contributed by atoms with E-state index in [1.807, 2.05) is 7.05 Å². The first-order chi connectivity index (χ1) is 3.81. The Kier molecular flexibility index (Phi) is 4.26. The van der Waals surface area contributed by atoms with Gasteiger partial charge in [-0.25, -0.2) is 0 Å². The van der Waals surface area contributed by atoms with Gasteiger partial charge in [0.15, 0.2) is 0 Å². The van der Waals surface area contributed by atoms with Gasteiger partial charge in [0, 0.05) is 20.1 Å². The minimum absolute atomic E-state index is 0.778. The Hall–Kier alpha value is -0.570. The van der Waals surface area contributed by atoms with E-state index in [2.05, 4.69) is 5.32 Å². The molecule has 0 radical (unpaired) electrons. The van der Waals surface area contributed by atoms with Crippen LogP contribution in [0.5, 0.6) is 0 Å². The molecule has 0 rings (SSSR count). The number of rotatable bonds is 4. The van der Waals surface area contributed by atoms with Crippen molar-refractivity contribution in [1.82, 2.24) is 10.2 Å². The third kappa shape index (κ3) is 3.61. The fourth-order valence-corrected chi connectivity index (χ4v) is 0.341. The summed E-state index contributed by atoms with van der Waals surface area (Å²) in [6, 6.07) is 0. The maximum Gasteiger partial charge on any atom is 0.209 e. The van der Waals surface area contributed by atoms with Crippen LogP contribution < -0.4 is 5.32 Å². The Morgan fingerprint density at radius 2 is 2.38 bits per heavy atom. The Labute approximate surface area is 49.7 Å². The molecule has 0 bridgehead atoms. The van der Waals surface area contributed by atoms with Gasteiger partial charge in [0.2, 0.25) is 6.41 Å². The lowest BCUT2D eigenvalue weighted by molar-refractivity contribution is -0.116. The number of carbonyl (C=O) groups is 1. The molecule has 1 N–H and O–H groups in total. The molecule has 0 heterocycles. The van der Waals surface area contributed by atoms with E-state index in [1.54, 1.807) is 11.9 Å².